The third-order valence-corrected chi connectivity index (χ3v) is 7.69. The number of thioether (sulfide) groups is 1. The van der Waals surface area contributed by atoms with Crippen molar-refractivity contribution in [2.75, 3.05) is 0 Å². The summed E-state index contributed by atoms with van der Waals surface area (Å²) in [6.07, 6.45) is 6.48. The number of aliphatic hydroxyl groups is 1. The first-order valence-corrected chi connectivity index (χ1v) is 10.8. The van der Waals surface area contributed by atoms with E-state index in [0.29, 0.717) is 5.75 Å². The van der Waals surface area contributed by atoms with Gasteiger partial charge in [-0.1, -0.05) is 13.0 Å². The van der Waals surface area contributed by atoms with Gasteiger partial charge in [0.25, 0.3) is 0 Å². The van der Waals surface area contributed by atoms with Crippen LogP contribution in [0, 0.1) is 18.6 Å². The molecular weight excluding hydrogens is 416 g/mol. The van der Waals surface area contributed by atoms with E-state index < -0.39 is 22.5 Å². The second-order valence-electron chi connectivity index (χ2n) is 6.79. The van der Waals surface area contributed by atoms with E-state index >= 15 is 0 Å². The Kier molecular flexibility index (Phi) is 5.41. The van der Waals surface area contributed by atoms with E-state index in [9.17, 15) is 13.9 Å². The number of benzene rings is 1. The number of halogens is 2. The van der Waals surface area contributed by atoms with Gasteiger partial charge in [-0.3, -0.25) is 4.40 Å². The number of fused-ring (bicyclic) bond motifs is 1. The van der Waals surface area contributed by atoms with E-state index in [-0.39, 0.29) is 12.1 Å². The molecule has 0 saturated carbocycles. The van der Waals surface area contributed by atoms with E-state index in [1.807, 2.05) is 24.4 Å². The lowest BCUT2D eigenvalue weighted by Crippen LogP contribution is -2.41. The Morgan fingerprint density at radius 1 is 1.34 bits per heavy atom. The summed E-state index contributed by atoms with van der Waals surface area (Å²) < 4.78 is 31.5. The van der Waals surface area contributed by atoms with Crippen molar-refractivity contribution in [3.63, 3.8) is 0 Å². The van der Waals surface area contributed by atoms with Crippen LogP contribution in [0.5, 0.6) is 0 Å². The molecule has 2 atom stereocenters. The quantitative estimate of drug-likeness (QED) is 0.478. The molecule has 0 aliphatic heterocycles. The number of imidazole rings is 1. The Balaban J connectivity index is 1.62. The topological polar surface area (TPSA) is 68.2 Å². The molecule has 10 heteroatoms. The Labute approximate surface area is 174 Å². The zero-order valence-corrected chi connectivity index (χ0v) is 17.4. The van der Waals surface area contributed by atoms with Crippen LogP contribution in [-0.2, 0) is 17.9 Å². The number of aryl methyl sites for hydroxylation is 1. The molecular formula is C19H19F2N5OS2. The monoisotopic (exact) mass is 435 g/mol. The van der Waals surface area contributed by atoms with Crippen molar-refractivity contribution < 1.29 is 13.9 Å². The molecule has 3 heterocycles. The minimum atomic E-state index is -1.61. The van der Waals surface area contributed by atoms with Crippen molar-refractivity contribution in [3.05, 3.63) is 71.0 Å². The van der Waals surface area contributed by atoms with Crippen LogP contribution in [0.15, 0.2) is 43.2 Å². The first kappa shape index (κ1) is 20.0. The summed E-state index contributed by atoms with van der Waals surface area (Å²) in [7, 11) is 0. The molecule has 4 rings (SSSR count). The van der Waals surface area contributed by atoms with Gasteiger partial charge in [-0.25, -0.2) is 23.4 Å². The fourth-order valence-electron chi connectivity index (χ4n) is 3.25. The Morgan fingerprint density at radius 3 is 2.86 bits per heavy atom. The van der Waals surface area contributed by atoms with E-state index in [2.05, 4.69) is 15.1 Å². The van der Waals surface area contributed by atoms with Crippen molar-refractivity contribution in [3.8, 4) is 0 Å². The molecule has 0 saturated heterocycles. The van der Waals surface area contributed by atoms with Gasteiger partial charge in [0.1, 0.15) is 29.9 Å². The van der Waals surface area contributed by atoms with Gasteiger partial charge in [0.2, 0.25) is 0 Å². The highest BCUT2D eigenvalue weighted by atomic mass is 32.2. The predicted molar refractivity (Wildman–Crippen MR) is 109 cm³/mol. The van der Waals surface area contributed by atoms with Gasteiger partial charge in [0.05, 0.1) is 6.54 Å². The maximum absolute atomic E-state index is 14.6. The minimum absolute atomic E-state index is 0.00351. The van der Waals surface area contributed by atoms with Crippen molar-refractivity contribution in [2.24, 2.45) is 0 Å². The fraction of sp³-hybridized carbons (Fsp3) is 0.316. The first-order chi connectivity index (χ1) is 13.9. The summed E-state index contributed by atoms with van der Waals surface area (Å²) in [4.78, 5) is 10.2. The van der Waals surface area contributed by atoms with Gasteiger partial charge < -0.3 is 5.11 Å². The average Bonchev–Trinajstić information content (AvgIpc) is 3.40. The average molecular weight is 436 g/mol. The third kappa shape index (κ3) is 3.79. The highest BCUT2D eigenvalue weighted by Crippen LogP contribution is 2.38. The maximum atomic E-state index is 14.6. The molecule has 1 N–H and O–H groups in total. The number of nitrogens with zero attached hydrogens (tertiary/aromatic N) is 5. The molecule has 0 radical (unpaired) electrons. The SMILES string of the molecule is Cc1c(CS[C@H](C)[C@](O)(Cn2cncn2)c2ccc(F)cc2F)sc2nccn12. The van der Waals surface area contributed by atoms with Crippen LogP contribution in [-0.4, -0.2) is 34.5 Å². The molecule has 29 heavy (non-hydrogen) atoms. The van der Waals surface area contributed by atoms with Crippen LogP contribution in [0.3, 0.4) is 0 Å². The van der Waals surface area contributed by atoms with Crippen LogP contribution in [0.4, 0.5) is 8.78 Å². The number of hydrogen-bond donors (Lipinski definition) is 1. The van der Waals surface area contributed by atoms with Crippen molar-refractivity contribution in [2.45, 2.75) is 37.0 Å². The lowest BCUT2D eigenvalue weighted by molar-refractivity contribution is 0.0133. The maximum Gasteiger partial charge on any atom is 0.194 e. The number of thiazole rings is 1. The second-order valence-corrected chi connectivity index (χ2v) is 9.18. The highest BCUT2D eigenvalue weighted by molar-refractivity contribution is 7.99. The van der Waals surface area contributed by atoms with Crippen LogP contribution in [0.1, 0.15) is 23.1 Å². The summed E-state index contributed by atoms with van der Waals surface area (Å²) >= 11 is 3.08. The summed E-state index contributed by atoms with van der Waals surface area (Å²) in [5, 5.41) is 15.2. The summed E-state index contributed by atoms with van der Waals surface area (Å²) in [6.45, 7) is 3.85. The molecule has 6 nitrogen and oxygen atoms in total. The van der Waals surface area contributed by atoms with Crippen LogP contribution in [0.2, 0.25) is 0 Å². The van der Waals surface area contributed by atoms with Gasteiger partial charge >= 0.3 is 0 Å². The summed E-state index contributed by atoms with van der Waals surface area (Å²) in [5.74, 6) is -0.846. The normalized spacial score (nSPS) is 14.9. The van der Waals surface area contributed by atoms with Crippen LogP contribution < -0.4 is 0 Å². The molecule has 0 aliphatic rings. The van der Waals surface area contributed by atoms with Crippen molar-refractivity contribution in [1.29, 1.82) is 0 Å². The van der Waals surface area contributed by atoms with E-state index in [1.165, 1.54) is 35.2 Å². The molecule has 3 aromatic heterocycles. The lowest BCUT2D eigenvalue weighted by Gasteiger charge is -2.34. The fourth-order valence-corrected chi connectivity index (χ4v) is 5.65. The van der Waals surface area contributed by atoms with Crippen LogP contribution >= 0.6 is 23.1 Å². The lowest BCUT2D eigenvalue weighted by atomic mass is 9.90. The second kappa shape index (κ2) is 7.85. The van der Waals surface area contributed by atoms with Crippen molar-refractivity contribution >= 4 is 28.1 Å². The van der Waals surface area contributed by atoms with Gasteiger partial charge in [-0.05, 0) is 13.0 Å². The Morgan fingerprint density at radius 2 is 2.17 bits per heavy atom. The molecule has 1 aromatic carbocycles. The smallest absolute Gasteiger partial charge is 0.194 e. The van der Waals surface area contributed by atoms with Crippen LogP contribution in [0.25, 0.3) is 4.96 Å². The standard InChI is InChI=1S/C19H19F2N5OS2/c1-12-17(29-18-23-5-6-26(12)18)8-28-13(2)19(27,9-25-11-22-10-24-25)15-4-3-14(20)7-16(15)21/h3-7,10-11,13,27H,8-9H2,1-2H3/t13-,19-/m1/s1. The van der Waals surface area contributed by atoms with Gasteiger partial charge in [-0.2, -0.15) is 5.10 Å². The zero-order chi connectivity index (χ0) is 20.6. The molecule has 0 unspecified atom stereocenters. The third-order valence-electron chi connectivity index (χ3n) is 4.99. The molecule has 0 bridgehead atoms. The molecule has 0 amide bonds. The largest absolute Gasteiger partial charge is 0.382 e. The van der Waals surface area contributed by atoms with Gasteiger partial charge in [-0.15, -0.1) is 23.1 Å². The Hall–Kier alpha value is -2.30. The number of hydrogen-bond acceptors (Lipinski definition) is 6. The summed E-state index contributed by atoms with van der Waals surface area (Å²) in [5.41, 5.74) is -0.483. The van der Waals surface area contributed by atoms with E-state index in [4.69, 9.17) is 0 Å². The van der Waals surface area contributed by atoms with Gasteiger partial charge in [0.15, 0.2) is 4.96 Å². The molecule has 0 aliphatic carbocycles. The number of aromatic nitrogens is 5. The minimum Gasteiger partial charge on any atom is -0.382 e. The molecule has 0 fully saturated rings. The first-order valence-electron chi connectivity index (χ1n) is 8.91. The molecule has 0 spiro atoms. The zero-order valence-electron chi connectivity index (χ0n) is 15.8. The summed E-state index contributed by atoms with van der Waals surface area (Å²) in [6, 6.07) is 3.24. The predicted octanol–water partition coefficient (Wildman–Crippen LogP) is 3.78. The number of rotatable bonds is 7. The van der Waals surface area contributed by atoms with E-state index in [0.717, 1.165) is 27.7 Å². The van der Waals surface area contributed by atoms with Gasteiger partial charge in [0, 0.05) is 45.6 Å². The molecule has 4 aromatic rings. The highest BCUT2D eigenvalue weighted by Gasteiger charge is 2.39. The van der Waals surface area contributed by atoms with E-state index in [1.54, 1.807) is 17.5 Å². The Bertz CT molecular complexity index is 1130. The molecule has 152 valence electrons. The van der Waals surface area contributed by atoms with Crippen molar-refractivity contribution in [1.82, 2.24) is 24.1 Å².